The average molecular weight is 264 g/mol. The first-order valence-corrected chi connectivity index (χ1v) is 7.34. The number of nitrogens with one attached hydrogen (secondary N) is 1. The van der Waals surface area contributed by atoms with E-state index in [1.807, 2.05) is 19.2 Å². The summed E-state index contributed by atoms with van der Waals surface area (Å²) in [5, 5.41) is 3.34. The molecule has 0 saturated carbocycles. The number of nitrogens with zero attached hydrogens (tertiary/aromatic N) is 1. The third-order valence-electron chi connectivity index (χ3n) is 4.10. The highest BCUT2D eigenvalue weighted by molar-refractivity contribution is 5.19. The van der Waals surface area contributed by atoms with Crippen molar-refractivity contribution in [2.75, 3.05) is 26.7 Å². The zero-order chi connectivity index (χ0) is 13.7. The molecule has 2 atom stereocenters. The third kappa shape index (κ3) is 4.29. The zero-order valence-corrected chi connectivity index (χ0v) is 12.0. The highest BCUT2D eigenvalue weighted by Gasteiger charge is 2.17. The molecule has 2 unspecified atom stereocenters. The molecule has 106 valence electrons. The Morgan fingerprint density at radius 2 is 2.11 bits per heavy atom. The van der Waals surface area contributed by atoms with Crippen molar-refractivity contribution in [3.63, 3.8) is 0 Å². The minimum absolute atomic E-state index is 0.163. The molecule has 0 radical (unpaired) electrons. The fourth-order valence-corrected chi connectivity index (χ4v) is 2.97. The predicted molar refractivity (Wildman–Crippen MR) is 77.7 cm³/mol. The average Bonchev–Trinajstić information content (AvgIpc) is 2.41. The van der Waals surface area contributed by atoms with Gasteiger partial charge in [-0.05, 0) is 63.0 Å². The second kappa shape index (κ2) is 7.01. The lowest BCUT2D eigenvalue weighted by molar-refractivity contribution is 0.176. The molecule has 3 heteroatoms. The second-order valence-electron chi connectivity index (χ2n) is 5.73. The van der Waals surface area contributed by atoms with E-state index in [0.717, 1.165) is 18.9 Å². The Morgan fingerprint density at radius 3 is 2.74 bits per heavy atom. The van der Waals surface area contributed by atoms with Crippen LogP contribution in [0.25, 0.3) is 0 Å². The number of benzene rings is 1. The summed E-state index contributed by atoms with van der Waals surface area (Å²) >= 11 is 0. The van der Waals surface area contributed by atoms with E-state index in [-0.39, 0.29) is 5.82 Å². The van der Waals surface area contributed by atoms with Crippen LogP contribution in [0.15, 0.2) is 24.3 Å². The molecule has 1 fully saturated rings. The van der Waals surface area contributed by atoms with Crippen molar-refractivity contribution in [3.05, 3.63) is 35.6 Å². The quantitative estimate of drug-likeness (QED) is 0.878. The van der Waals surface area contributed by atoms with Gasteiger partial charge in [-0.1, -0.05) is 19.1 Å². The molecule has 1 heterocycles. The minimum Gasteiger partial charge on any atom is -0.313 e. The highest BCUT2D eigenvalue weighted by Crippen LogP contribution is 2.20. The van der Waals surface area contributed by atoms with Crippen LogP contribution in [0.5, 0.6) is 0 Å². The summed E-state index contributed by atoms with van der Waals surface area (Å²) in [7, 11) is 1.98. The smallest absolute Gasteiger partial charge is 0.123 e. The summed E-state index contributed by atoms with van der Waals surface area (Å²) in [6.07, 6.45) is 3.76. The van der Waals surface area contributed by atoms with Crippen LogP contribution in [-0.4, -0.2) is 31.6 Å². The van der Waals surface area contributed by atoms with Crippen LogP contribution >= 0.6 is 0 Å². The van der Waals surface area contributed by atoms with E-state index in [1.54, 1.807) is 12.1 Å². The van der Waals surface area contributed by atoms with Crippen molar-refractivity contribution >= 4 is 0 Å². The summed E-state index contributed by atoms with van der Waals surface area (Å²) in [5.74, 6) is 0.663. The van der Waals surface area contributed by atoms with Crippen molar-refractivity contribution < 1.29 is 4.39 Å². The maximum Gasteiger partial charge on any atom is 0.123 e. The molecule has 1 aromatic carbocycles. The van der Waals surface area contributed by atoms with Crippen LogP contribution in [-0.2, 0) is 0 Å². The molecule has 1 aliphatic rings. The Morgan fingerprint density at radius 1 is 1.37 bits per heavy atom. The van der Waals surface area contributed by atoms with Gasteiger partial charge in [0.1, 0.15) is 5.82 Å². The summed E-state index contributed by atoms with van der Waals surface area (Å²) in [6, 6.07) is 7.17. The molecule has 0 amide bonds. The topological polar surface area (TPSA) is 15.3 Å². The number of piperidine rings is 1. The molecule has 2 rings (SSSR count). The molecule has 1 N–H and O–H groups in total. The molecule has 19 heavy (non-hydrogen) atoms. The lowest BCUT2D eigenvalue weighted by Gasteiger charge is -2.32. The van der Waals surface area contributed by atoms with E-state index in [0.29, 0.717) is 6.04 Å². The molecule has 0 bridgehead atoms. The van der Waals surface area contributed by atoms with Crippen molar-refractivity contribution in [1.29, 1.82) is 0 Å². The number of likely N-dealkylation sites (tertiary alicyclic amines) is 1. The fraction of sp³-hybridized carbons (Fsp3) is 0.625. The van der Waals surface area contributed by atoms with Crippen LogP contribution in [0.4, 0.5) is 4.39 Å². The molecule has 0 spiro atoms. The van der Waals surface area contributed by atoms with Gasteiger partial charge >= 0.3 is 0 Å². The van der Waals surface area contributed by atoms with Gasteiger partial charge in [-0.25, -0.2) is 4.39 Å². The van der Waals surface area contributed by atoms with E-state index in [9.17, 15) is 4.39 Å². The molecule has 0 aliphatic carbocycles. The Kier molecular flexibility index (Phi) is 5.34. The van der Waals surface area contributed by atoms with Crippen molar-refractivity contribution in [2.24, 2.45) is 5.92 Å². The van der Waals surface area contributed by atoms with Crippen LogP contribution in [0.3, 0.4) is 0 Å². The standard InChI is InChI=1S/C16H25FN2/c1-13-4-3-10-19(12-13)11-9-16(18-2)14-5-7-15(17)8-6-14/h5-8,13,16,18H,3-4,9-12H2,1-2H3. The Balaban J connectivity index is 1.87. The number of halogens is 1. The van der Waals surface area contributed by atoms with Gasteiger partial charge in [0.25, 0.3) is 0 Å². The van der Waals surface area contributed by atoms with Gasteiger partial charge < -0.3 is 10.2 Å². The number of hydrogen-bond donors (Lipinski definition) is 1. The van der Waals surface area contributed by atoms with Crippen LogP contribution in [0.1, 0.15) is 37.8 Å². The zero-order valence-electron chi connectivity index (χ0n) is 12.0. The highest BCUT2D eigenvalue weighted by atomic mass is 19.1. The monoisotopic (exact) mass is 264 g/mol. The van der Waals surface area contributed by atoms with Gasteiger partial charge in [-0.3, -0.25) is 0 Å². The van der Waals surface area contributed by atoms with Gasteiger partial charge in [-0.2, -0.15) is 0 Å². The third-order valence-corrected chi connectivity index (χ3v) is 4.10. The maximum absolute atomic E-state index is 12.9. The first kappa shape index (κ1) is 14.5. The van der Waals surface area contributed by atoms with Crippen molar-refractivity contribution in [1.82, 2.24) is 10.2 Å². The summed E-state index contributed by atoms with van der Waals surface area (Å²) < 4.78 is 12.9. The van der Waals surface area contributed by atoms with Gasteiger partial charge in [0.15, 0.2) is 0 Å². The summed E-state index contributed by atoms with van der Waals surface area (Å²) in [6.45, 7) is 5.90. The van der Waals surface area contributed by atoms with Crippen LogP contribution in [0, 0.1) is 11.7 Å². The fourth-order valence-electron chi connectivity index (χ4n) is 2.97. The summed E-state index contributed by atoms with van der Waals surface area (Å²) in [5.41, 5.74) is 1.17. The molecular formula is C16H25FN2. The lowest BCUT2D eigenvalue weighted by atomic mass is 9.99. The SMILES string of the molecule is CNC(CCN1CCCC(C)C1)c1ccc(F)cc1. The predicted octanol–water partition coefficient (Wildman–Crippen LogP) is 3.21. The Bertz CT molecular complexity index is 377. The molecular weight excluding hydrogens is 239 g/mol. The molecule has 1 aromatic rings. The van der Waals surface area contributed by atoms with E-state index in [2.05, 4.69) is 17.1 Å². The molecule has 1 saturated heterocycles. The van der Waals surface area contributed by atoms with Gasteiger partial charge in [0, 0.05) is 12.6 Å². The van der Waals surface area contributed by atoms with Crippen LogP contribution in [0.2, 0.25) is 0 Å². The second-order valence-corrected chi connectivity index (χ2v) is 5.73. The van der Waals surface area contributed by atoms with Gasteiger partial charge in [0.2, 0.25) is 0 Å². The largest absolute Gasteiger partial charge is 0.313 e. The minimum atomic E-state index is -0.163. The first-order chi connectivity index (χ1) is 9.19. The lowest BCUT2D eigenvalue weighted by Crippen LogP contribution is -2.36. The Hall–Kier alpha value is -0.930. The van der Waals surface area contributed by atoms with Crippen molar-refractivity contribution in [2.45, 2.75) is 32.2 Å². The Labute approximate surface area is 116 Å². The van der Waals surface area contributed by atoms with E-state index < -0.39 is 0 Å². The maximum atomic E-state index is 12.9. The molecule has 2 nitrogen and oxygen atoms in total. The first-order valence-electron chi connectivity index (χ1n) is 7.34. The number of rotatable bonds is 5. The normalized spacial score (nSPS) is 22.4. The molecule has 0 aromatic heterocycles. The van der Waals surface area contributed by atoms with Crippen LogP contribution < -0.4 is 5.32 Å². The van der Waals surface area contributed by atoms with E-state index in [4.69, 9.17) is 0 Å². The van der Waals surface area contributed by atoms with Crippen molar-refractivity contribution in [3.8, 4) is 0 Å². The van der Waals surface area contributed by atoms with Gasteiger partial charge in [0.05, 0.1) is 0 Å². The summed E-state index contributed by atoms with van der Waals surface area (Å²) in [4.78, 5) is 2.56. The van der Waals surface area contributed by atoms with E-state index >= 15 is 0 Å². The molecule has 1 aliphatic heterocycles. The number of hydrogen-bond acceptors (Lipinski definition) is 2. The van der Waals surface area contributed by atoms with E-state index in [1.165, 1.54) is 31.5 Å². The van der Waals surface area contributed by atoms with Gasteiger partial charge in [-0.15, -0.1) is 0 Å².